The maximum absolute atomic E-state index is 12.8. The van der Waals surface area contributed by atoms with E-state index in [9.17, 15) is 9.59 Å². The smallest absolute Gasteiger partial charge is 0.330 e. The summed E-state index contributed by atoms with van der Waals surface area (Å²) >= 11 is 1.68. The standard InChI is InChI=1S/C21H20N4O3S/c1-28-13-10-8-12(9-11-13)17-22-20-16(18-23-24-19(26)21(27)25(17)18)14-6-4-2-3-5-7-15(14)29-20/h8-11H,2-7H2,1H3,(H,24,26). The Bertz CT molecular complexity index is 1330. The van der Waals surface area contributed by atoms with E-state index in [1.54, 1.807) is 18.4 Å². The summed E-state index contributed by atoms with van der Waals surface area (Å²) in [5.74, 6) is 1.13. The highest BCUT2D eigenvalue weighted by Crippen LogP contribution is 2.37. The Kier molecular flexibility index (Phi) is 4.43. The first-order chi connectivity index (χ1) is 14.2. The quantitative estimate of drug-likeness (QED) is 0.514. The minimum atomic E-state index is -0.753. The van der Waals surface area contributed by atoms with Crippen molar-refractivity contribution >= 4 is 27.2 Å². The van der Waals surface area contributed by atoms with Crippen LogP contribution in [-0.2, 0) is 12.8 Å². The zero-order valence-electron chi connectivity index (χ0n) is 16.0. The van der Waals surface area contributed by atoms with Gasteiger partial charge in [0.05, 0.1) is 12.5 Å². The molecule has 0 saturated carbocycles. The monoisotopic (exact) mass is 408 g/mol. The van der Waals surface area contributed by atoms with Gasteiger partial charge in [0, 0.05) is 10.4 Å². The SMILES string of the molecule is COc1ccc(-c2nc3sc4c(c3c3n[nH]c(=O)c(=O)n23)CCCCCC4)cc1. The molecular formula is C21H20N4O3S. The summed E-state index contributed by atoms with van der Waals surface area (Å²) in [7, 11) is 1.60. The molecule has 0 aliphatic heterocycles. The number of rotatable bonds is 2. The van der Waals surface area contributed by atoms with Crippen LogP contribution in [0.4, 0.5) is 0 Å². The van der Waals surface area contributed by atoms with Crippen LogP contribution >= 0.6 is 11.3 Å². The van der Waals surface area contributed by atoms with Crippen LogP contribution in [0.3, 0.4) is 0 Å². The molecule has 29 heavy (non-hydrogen) atoms. The zero-order valence-corrected chi connectivity index (χ0v) is 16.8. The second-order valence-electron chi connectivity index (χ2n) is 7.28. The summed E-state index contributed by atoms with van der Waals surface area (Å²) in [5.41, 5.74) is 1.02. The summed E-state index contributed by atoms with van der Waals surface area (Å²) in [6.45, 7) is 0. The summed E-state index contributed by atoms with van der Waals surface area (Å²) in [6, 6.07) is 7.30. The molecule has 4 aromatic rings. The number of ether oxygens (including phenoxy) is 1. The van der Waals surface area contributed by atoms with E-state index >= 15 is 0 Å². The van der Waals surface area contributed by atoms with Crippen molar-refractivity contribution in [1.82, 2.24) is 19.6 Å². The lowest BCUT2D eigenvalue weighted by Crippen LogP contribution is -2.35. The Balaban J connectivity index is 1.88. The molecule has 1 N–H and O–H groups in total. The molecule has 5 rings (SSSR count). The van der Waals surface area contributed by atoms with Crippen molar-refractivity contribution in [3.63, 3.8) is 0 Å². The second kappa shape index (κ2) is 7.11. The van der Waals surface area contributed by atoms with Crippen molar-refractivity contribution in [2.24, 2.45) is 0 Å². The zero-order chi connectivity index (χ0) is 20.0. The molecule has 0 unspecified atom stereocenters. The van der Waals surface area contributed by atoms with Gasteiger partial charge in [-0.25, -0.2) is 14.5 Å². The van der Waals surface area contributed by atoms with E-state index in [0.29, 0.717) is 17.2 Å². The molecule has 148 valence electrons. The average molecular weight is 408 g/mol. The van der Waals surface area contributed by atoms with Gasteiger partial charge in [0.1, 0.15) is 10.6 Å². The Labute approximate surface area is 170 Å². The van der Waals surface area contributed by atoms with E-state index in [2.05, 4.69) is 10.2 Å². The first-order valence-electron chi connectivity index (χ1n) is 9.77. The van der Waals surface area contributed by atoms with Crippen molar-refractivity contribution in [2.45, 2.75) is 38.5 Å². The summed E-state index contributed by atoms with van der Waals surface area (Å²) < 4.78 is 6.59. The maximum atomic E-state index is 12.8. The molecule has 0 bridgehead atoms. The van der Waals surface area contributed by atoms with Crippen LogP contribution in [0.15, 0.2) is 33.9 Å². The lowest BCUT2D eigenvalue weighted by Gasteiger charge is -2.11. The molecule has 0 atom stereocenters. The molecule has 1 aromatic carbocycles. The predicted octanol–water partition coefficient (Wildman–Crippen LogP) is 3.33. The normalized spacial score (nSPS) is 14.5. The van der Waals surface area contributed by atoms with E-state index in [0.717, 1.165) is 41.5 Å². The number of aromatic nitrogens is 4. The minimum Gasteiger partial charge on any atom is -0.497 e. The third-order valence-electron chi connectivity index (χ3n) is 5.52. The van der Waals surface area contributed by atoms with Gasteiger partial charge in [0.25, 0.3) is 0 Å². The average Bonchev–Trinajstić information content (AvgIpc) is 3.06. The van der Waals surface area contributed by atoms with Gasteiger partial charge >= 0.3 is 11.1 Å². The topological polar surface area (TPSA) is 89.3 Å². The number of benzene rings is 1. The van der Waals surface area contributed by atoms with E-state index < -0.39 is 11.1 Å². The van der Waals surface area contributed by atoms with Gasteiger partial charge < -0.3 is 4.74 Å². The number of hydrogen-bond donors (Lipinski definition) is 1. The summed E-state index contributed by atoms with van der Waals surface area (Å²) in [5, 5.41) is 7.57. The highest BCUT2D eigenvalue weighted by atomic mass is 32.1. The van der Waals surface area contributed by atoms with E-state index in [1.807, 2.05) is 24.3 Å². The fraction of sp³-hybridized carbons (Fsp3) is 0.333. The van der Waals surface area contributed by atoms with Crippen molar-refractivity contribution < 1.29 is 4.74 Å². The third-order valence-corrected chi connectivity index (χ3v) is 6.70. The van der Waals surface area contributed by atoms with Gasteiger partial charge in [0.15, 0.2) is 11.5 Å². The molecule has 8 heteroatoms. The maximum Gasteiger partial charge on any atom is 0.330 e. The van der Waals surface area contributed by atoms with Gasteiger partial charge in [-0.3, -0.25) is 9.59 Å². The molecule has 0 radical (unpaired) electrons. The van der Waals surface area contributed by atoms with Crippen LogP contribution in [-0.4, -0.2) is 26.7 Å². The lowest BCUT2D eigenvalue weighted by molar-refractivity contribution is 0.415. The van der Waals surface area contributed by atoms with Crippen molar-refractivity contribution in [1.29, 1.82) is 0 Å². The molecule has 1 aliphatic rings. The highest BCUT2D eigenvalue weighted by molar-refractivity contribution is 7.19. The van der Waals surface area contributed by atoms with E-state index in [-0.39, 0.29) is 0 Å². The van der Waals surface area contributed by atoms with Crippen LogP contribution in [0, 0.1) is 0 Å². The number of nitrogens with one attached hydrogen (secondary N) is 1. The van der Waals surface area contributed by atoms with Crippen LogP contribution in [0.2, 0.25) is 0 Å². The molecule has 0 fully saturated rings. The van der Waals surface area contributed by atoms with Crippen molar-refractivity contribution in [3.05, 3.63) is 55.4 Å². The number of aryl methyl sites for hydroxylation is 2. The number of fused-ring (bicyclic) bond motifs is 5. The van der Waals surface area contributed by atoms with Crippen molar-refractivity contribution in [3.8, 4) is 17.1 Å². The van der Waals surface area contributed by atoms with Gasteiger partial charge in [-0.05, 0) is 55.5 Å². The Morgan fingerprint density at radius 1 is 1.07 bits per heavy atom. The molecule has 1 aliphatic carbocycles. The van der Waals surface area contributed by atoms with Crippen LogP contribution in [0.25, 0.3) is 27.3 Å². The first kappa shape index (κ1) is 18.1. The molecule has 0 saturated heterocycles. The van der Waals surface area contributed by atoms with Gasteiger partial charge in [-0.1, -0.05) is 12.8 Å². The van der Waals surface area contributed by atoms with Crippen LogP contribution in [0.5, 0.6) is 5.75 Å². The molecule has 3 aromatic heterocycles. The fourth-order valence-corrected chi connectivity index (χ4v) is 5.31. The second-order valence-corrected chi connectivity index (χ2v) is 8.36. The van der Waals surface area contributed by atoms with E-state index in [1.165, 1.54) is 27.7 Å². The molecule has 3 heterocycles. The Morgan fingerprint density at radius 3 is 2.59 bits per heavy atom. The van der Waals surface area contributed by atoms with Crippen molar-refractivity contribution in [2.75, 3.05) is 7.11 Å². The molecule has 7 nitrogen and oxygen atoms in total. The third kappa shape index (κ3) is 2.95. The molecule has 0 spiro atoms. The van der Waals surface area contributed by atoms with Gasteiger partial charge in [-0.15, -0.1) is 11.3 Å². The number of thiophene rings is 1. The number of methoxy groups -OCH3 is 1. The summed E-state index contributed by atoms with van der Waals surface area (Å²) in [4.78, 5) is 31.9. The number of nitrogens with zero attached hydrogens (tertiary/aromatic N) is 3. The first-order valence-corrected chi connectivity index (χ1v) is 10.6. The lowest BCUT2D eigenvalue weighted by atomic mass is 9.98. The van der Waals surface area contributed by atoms with Crippen LogP contribution < -0.4 is 15.9 Å². The predicted molar refractivity (Wildman–Crippen MR) is 113 cm³/mol. The van der Waals surface area contributed by atoms with Crippen LogP contribution in [0.1, 0.15) is 36.1 Å². The summed E-state index contributed by atoms with van der Waals surface area (Å²) in [6.07, 6.45) is 6.68. The Morgan fingerprint density at radius 2 is 1.83 bits per heavy atom. The van der Waals surface area contributed by atoms with Gasteiger partial charge in [0.2, 0.25) is 0 Å². The number of hydrogen-bond acceptors (Lipinski definition) is 6. The molecular weight excluding hydrogens is 388 g/mol. The fourth-order valence-electron chi connectivity index (χ4n) is 4.06. The largest absolute Gasteiger partial charge is 0.497 e. The number of aromatic amines is 1. The van der Waals surface area contributed by atoms with Gasteiger partial charge in [-0.2, -0.15) is 5.10 Å². The number of H-pyrrole nitrogens is 1. The Hall–Kier alpha value is -3.00. The highest BCUT2D eigenvalue weighted by Gasteiger charge is 2.22. The van der Waals surface area contributed by atoms with E-state index in [4.69, 9.17) is 9.72 Å². The minimum absolute atomic E-state index is 0.424. The molecule has 0 amide bonds.